The van der Waals surface area contributed by atoms with Gasteiger partial charge in [0.2, 0.25) is 5.76 Å². The summed E-state index contributed by atoms with van der Waals surface area (Å²) in [6.45, 7) is 0. The van der Waals surface area contributed by atoms with Gasteiger partial charge in [-0.2, -0.15) is 5.26 Å². The van der Waals surface area contributed by atoms with Crippen LogP contribution in [0.1, 0.15) is 21.7 Å². The normalized spacial score (nSPS) is 10.6. The number of methoxy groups -OCH3 is 1. The lowest BCUT2D eigenvalue weighted by Crippen LogP contribution is -2.05. The zero-order valence-corrected chi connectivity index (χ0v) is 14.0. The van der Waals surface area contributed by atoms with Gasteiger partial charge in [-0.1, -0.05) is 23.2 Å². The van der Waals surface area contributed by atoms with E-state index in [1.807, 2.05) is 6.07 Å². The molecule has 0 bridgehead atoms. The van der Waals surface area contributed by atoms with Crippen molar-refractivity contribution in [2.24, 2.45) is 0 Å². The van der Waals surface area contributed by atoms with Crippen LogP contribution in [0.15, 0.2) is 35.0 Å². The number of ketones is 1. The molecule has 0 saturated heterocycles. The van der Waals surface area contributed by atoms with Crippen LogP contribution in [0, 0.1) is 11.3 Å². The highest BCUT2D eigenvalue weighted by molar-refractivity contribution is 6.36. The van der Waals surface area contributed by atoms with Crippen molar-refractivity contribution in [3.8, 4) is 11.8 Å². The zero-order chi connectivity index (χ0) is 17.3. The molecule has 24 heavy (non-hydrogen) atoms. The Balaban J connectivity index is 2.08. The van der Waals surface area contributed by atoms with Crippen molar-refractivity contribution < 1.29 is 13.9 Å². The number of pyridine rings is 1. The molecule has 3 rings (SSSR count). The third-order valence-corrected chi connectivity index (χ3v) is 4.22. The van der Waals surface area contributed by atoms with Crippen molar-refractivity contribution in [3.63, 3.8) is 0 Å². The first-order valence-electron chi connectivity index (χ1n) is 6.87. The molecule has 0 N–H and O–H groups in total. The first-order valence-corrected chi connectivity index (χ1v) is 7.62. The summed E-state index contributed by atoms with van der Waals surface area (Å²) in [5.41, 5.74) is 1.26. The Morgan fingerprint density at radius 2 is 2.04 bits per heavy atom. The van der Waals surface area contributed by atoms with E-state index in [0.29, 0.717) is 37.9 Å². The second kappa shape index (κ2) is 6.52. The van der Waals surface area contributed by atoms with Crippen molar-refractivity contribution in [1.82, 2.24) is 4.98 Å². The quantitative estimate of drug-likeness (QED) is 0.642. The third-order valence-electron chi connectivity index (χ3n) is 3.57. The Hall–Kier alpha value is -2.55. The van der Waals surface area contributed by atoms with Gasteiger partial charge in [0.05, 0.1) is 17.2 Å². The number of fused-ring (bicyclic) bond motifs is 1. The van der Waals surface area contributed by atoms with Crippen molar-refractivity contribution in [2.45, 2.75) is 6.42 Å². The van der Waals surface area contributed by atoms with Gasteiger partial charge in [0.15, 0.2) is 17.1 Å². The molecule has 0 aliphatic carbocycles. The van der Waals surface area contributed by atoms with Gasteiger partial charge in [-0.05, 0) is 12.1 Å². The molecular weight excluding hydrogens is 351 g/mol. The van der Waals surface area contributed by atoms with Gasteiger partial charge >= 0.3 is 0 Å². The maximum Gasteiger partial charge on any atom is 0.205 e. The SMILES string of the molecule is COc1ccc(C(=O)Cc2c(Cl)cncc2Cl)c2cc(C#N)oc12. The molecule has 7 heteroatoms. The lowest BCUT2D eigenvalue weighted by Gasteiger charge is -2.08. The molecule has 0 unspecified atom stereocenters. The number of furan rings is 1. The van der Waals surface area contributed by atoms with Crippen LogP contribution in [-0.2, 0) is 6.42 Å². The number of hydrogen-bond acceptors (Lipinski definition) is 5. The second-order valence-corrected chi connectivity index (χ2v) is 5.78. The standard InChI is InChI=1S/C17H10Cl2N2O3/c1-23-16-3-2-10(11-4-9(6-20)24-17(11)16)15(22)5-12-13(18)7-21-8-14(12)19/h2-4,7-8H,5H2,1H3. The fraction of sp³-hybridized carbons (Fsp3) is 0.118. The Bertz CT molecular complexity index is 969. The molecule has 0 radical (unpaired) electrons. The van der Waals surface area contributed by atoms with Gasteiger partial charge in [0, 0.05) is 41.4 Å². The summed E-state index contributed by atoms with van der Waals surface area (Å²) in [7, 11) is 1.49. The predicted molar refractivity (Wildman–Crippen MR) is 89.8 cm³/mol. The van der Waals surface area contributed by atoms with Crippen LogP contribution in [-0.4, -0.2) is 17.9 Å². The number of nitrogens with zero attached hydrogens (tertiary/aromatic N) is 2. The molecule has 1 aromatic carbocycles. The summed E-state index contributed by atoms with van der Waals surface area (Å²) in [5, 5.41) is 10.2. The van der Waals surface area contributed by atoms with Crippen LogP contribution in [0.3, 0.4) is 0 Å². The molecule has 0 fully saturated rings. The maximum atomic E-state index is 12.7. The highest BCUT2D eigenvalue weighted by Crippen LogP contribution is 2.33. The van der Waals surface area contributed by atoms with Crippen LogP contribution < -0.4 is 4.74 Å². The summed E-state index contributed by atoms with van der Waals surface area (Å²) in [4.78, 5) is 16.6. The summed E-state index contributed by atoms with van der Waals surface area (Å²) in [6, 6.07) is 6.68. The highest BCUT2D eigenvalue weighted by atomic mass is 35.5. The van der Waals surface area contributed by atoms with Crippen LogP contribution >= 0.6 is 23.2 Å². The van der Waals surface area contributed by atoms with E-state index in [1.165, 1.54) is 25.6 Å². The minimum Gasteiger partial charge on any atom is -0.493 e. The Kier molecular flexibility index (Phi) is 4.43. The number of aromatic nitrogens is 1. The smallest absolute Gasteiger partial charge is 0.205 e. The number of Topliss-reactive ketones (excluding diaryl/α,β-unsaturated/α-hetero) is 1. The number of hydrogen-bond donors (Lipinski definition) is 0. The van der Waals surface area contributed by atoms with E-state index < -0.39 is 0 Å². The molecule has 2 heterocycles. The summed E-state index contributed by atoms with van der Waals surface area (Å²) < 4.78 is 10.6. The molecule has 3 aromatic rings. The molecule has 0 aliphatic heterocycles. The van der Waals surface area contributed by atoms with E-state index in [2.05, 4.69) is 4.98 Å². The fourth-order valence-electron chi connectivity index (χ4n) is 2.42. The topological polar surface area (TPSA) is 76.1 Å². The van der Waals surface area contributed by atoms with E-state index >= 15 is 0 Å². The Morgan fingerprint density at radius 1 is 1.33 bits per heavy atom. The van der Waals surface area contributed by atoms with Crippen LogP contribution in [0.25, 0.3) is 11.0 Å². The van der Waals surface area contributed by atoms with E-state index in [-0.39, 0.29) is 18.0 Å². The first-order chi connectivity index (χ1) is 11.5. The number of rotatable bonds is 4. The van der Waals surface area contributed by atoms with E-state index in [0.717, 1.165) is 0 Å². The number of carbonyl (C=O) groups excluding carboxylic acids is 1. The van der Waals surface area contributed by atoms with Crippen LogP contribution in [0.5, 0.6) is 5.75 Å². The monoisotopic (exact) mass is 360 g/mol. The largest absolute Gasteiger partial charge is 0.493 e. The lowest BCUT2D eigenvalue weighted by atomic mass is 10.00. The van der Waals surface area contributed by atoms with Crippen molar-refractivity contribution in [2.75, 3.05) is 7.11 Å². The maximum absolute atomic E-state index is 12.7. The summed E-state index contributed by atoms with van der Waals surface area (Å²) in [5.74, 6) is 0.342. The average molecular weight is 361 g/mol. The summed E-state index contributed by atoms with van der Waals surface area (Å²) >= 11 is 12.1. The molecule has 0 amide bonds. The van der Waals surface area contributed by atoms with Gasteiger partial charge < -0.3 is 9.15 Å². The number of ether oxygens (including phenoxy) is 1. The van der Waals surface area contributed by atoms with E-state index in [9.17, 15) is 4.79 Å². The molecule has 120 valence electrons. The molecule has 5 nitrogen and oxygen atoms in total. The van der Waals surface area contributed by atoms with E-state index in [4.69, 9.17) is 37.6 Å². The minimum atomic E-state index is -0.206. The van der Waals surface area contributed by atoms with Crippen LogP contribution in [0.2, 0.25) is 10.0 Å². The van der Waals surface area contributed by atoms with Gasteiger partial charge in [-0.15, -0.1) is 0 Å². The minimum absolute atomic E-state index is 0.00861. The Morgan fingerprint density at radius 3 is 2.67 bits per heavy atom. The average Bonchev–Trinajstić information content (AvgIpc) is 3.01. The highest BCUT2D eigenvalue weighted by Gasteiger charge is 2.19. The zero-order valence-electron chi connectivity index (χ0n) is 12.5. The van der Waals surface area contributed by atoms with Crippen molar-refractivity contribution in [3.05, 3.63) is 57.5 Å². The predicted octanol–water partition coefficient (Wildman–Crippen LogP) is 4.44. The second-order valence-electron chi connectivity index (χ2n) is 4.96. The van der Waals surface area contributed by atoms with Gasteiger partial charge in [0.1, 0.15) is 6.07 Å². The first kappa shape index (κ1) is 16.3. The number of benzene rings is 1. The third kappa shape index (κ3) is 2.82. The molecule has 0 atom stereocenters. The van der Waals surface area contributed by atoms with E-state index in [1.54, 1.807) is 12.1 Å². The number of halogens is 2. The van der Waals surface area contributed by atoms with Crippen molar-refractivity contribution >= 4 is 40.0 Å². The molecule has 0 saturated carbocycles. The fourth-order valence-corrected chi connectivity index (χ4v) is 2.92. The van der Waals surface area contributed by atoms with Crippen LogP contribution in [0.4, 0.5) is 0 Å². The summed E-state index contributed by atoms with van der Waals surface area (Å²) in [6.07, 6.45) is 2.88. The molecule has 0 spiro atoms. The molecule has 0 aliphatic rings. The lowest BCUT2D eigenvalue weighted by molar-refractivity contribution is 0.0994. The van der Waals surface area contributed by atoms with Gasteiger partial charge in [-0.3, -0.25) is 9.78 Å². The van der Waals surface area contributed by atoms with Gasteiger partial charge in [0.25, 0.3) is 0 Å². The Labute approximate surface area is 147 Å². The number of nitriles is 1. The van der Waals surface area contributed by atoms with Crippen molar-refractivity contribution in [1.29, 1.82) is 5.26 Å². The molecule has 2 aromatic heterocycles. The van der Waals surface area contributed by atoms with Gasteiger partial charge in [-0.25, -0.2) is 0 Å². The number of carbonyl (C=O) groups is 1. The molecular formula is C17H10Cl2N2O3.